The molecule has 1 aliphatic heterocycles. The Morgan fingerprint density at radius 3 is 2.51 bits per heavy atom. The van der Waals surface area contributed by atoms with Crippen molar-refractivity contribution in [3.63, 3.8) is 0 Å². The Labute approximate surface area is 295 Å². The van der Waals surface area contributed by atoms with Gasteiger partial charge in [0, 0.05) is 64.1 Å². The number of alkyl carbamates (subject to hydrolysis) is 1. The van der Waals surface area contributed by atoms with E-state index in [0.717, 1.165) is 25.0 Å². The first kappa shape index (κ1) is 39.9. The third kappa shape index (κ3) is 14.1. The molecule has 3 atom stereocenters. The summed E-state index contributed by atoms with van der Waals surface area (Å²) in [6.45, 7) is 8.24. The topological polar surface area (TPSA) is 134 Å². The Kier molecular flexibility index (Phi) is 16.4. The van der Waals surface area contributed by atoms with Crippen LogP contribution in [0.4, 0.5) is 9.59 Å². The van der Waals surface area contributed by atoms with Crippen molar-refractivity contribution in [3.05, 3.63) is 64.2 Å². The van der Waals surface area contributed by atoms with E-state index in [9.17, 15) is 14.4 Å². The maximum atomic E-state index is 13.9. The molecule has 3 rings (SSSR count). The van der Waals surface area contributed by atoms with E-state index in [4.69, 9.17) is 35.3 Å². The molecule has 1 aliphatic rings. The van der Waals surface area contributed by atoms with Crippen LogP contribution < -0.4 is 15.4 Å². The van der Waals surface area contributed by atoms with E-state index in [1.807, 2.05) is 39.0 Å². The van der Waals surface area contributed by atoms with Gasteiger partial charge in [0.25, 0.3) is 5.91 Å². The molecule has 2 aromatic rings. The van der Waals surface area contributed by atoms with Crippen LogP contribution in [0.2, 0.25) is 5.02 Å². The zero-order valence-electron chi connectivity index (χ0n) is 29.6. The number of hydrogen-bond donors (Lipinski definition) is 2. The zero-order chi connectivity index (χ0) is 35.8. The molecule has 3 amide bonds. The average Bonchev–Trinajstić information content (AvgIpc) is 3.07. The maximum absolute atomic E-state index is 13.9. The van der Waals surface area contributed by atoms with E-state index >= 15 is 0 Å². The Hall–Kier alpha value is -3.58. The number of rotatable bonds is 17. The van der Waals surface area contributed by atoms with Gasteiger partial charge in [0.05, 0.1) is 26.4 Å². The third-order valence-corrected chi connectivity index (χ3v) is 8.07. The van der Waals surface area contributed by atoms with Gasteiger partial charge in [0.2, 0.25) is 0 Å². The van der Waals surface area contributed by atoms with Crippen LogP contribution in [0, 0.1) is 5.92 Å². The summed E-state index contributed by atoms with van der Waals surface area (Å²) in [5.74, 6) is 0.382. The molecule has 0 aromatic heterocycles. The summed E-state index contributed by atoms with van der Waals surface area (Å²) in [6, 6.07) is 12.2. The standard InChI is InChI=1S/C36H52ClN3O9/c1-36(2,3)49-35(43)40(4)30(18-25-10-8-15-46-24-25)23-39-33(41)28-19-27(21-31(22-28)47-16-9-14-44-5)32(26-11-7-12-29(37)20-26)48-17-13-38-34(42)45-6/h7,11-12,19-22,25,30,32H,8-10,13-18,23-24H2,1-6H3,(H,38,42)(H,39,41)/t25-,30?,32?/m1/s1. The van der Waals surface area contributed by atoms with E-state index in [0.29, 0.717) is 54.6 Å². The predicted molar refractivity (Wildman–Crippen MR) is 186 cm³/mol. The molecule has 0 aliphatic carbocycles. The fourth-order valence-corrected chi connectivity index (χ4v) is 5.59. The van der Waals surface area contributed by atoms with Gasteiger partial charge < -0.3 is 44.0 Å². The summed E-state index contributed by atoms with van der Waals surface area (Å²) in [5, 5.41) is 6.18. The van der Waals surface area contributed by atoms with E-state index in [2.05, 4.69) is 15.4 Å². The first-order valence-corrected chi connectivity index (χ1v) is 17.0. The maximum Gasteiger partial charge on any atom is 0.410 e. The van der Waals surface area contributed by atoms with Crippen LogP contribution in [-0.4, -0.2) is 102 Å². The van der Waals surface area contributed by atoms with Crippen molar-refractivity contribution in [2.75, 3.05) is 67.4 Å². The normalized spacial score (nSPS) is 15.9. The fraction of sp³-hybridized carbons (Fsp3) is 0.583. The molecular weight excluding hydrogens is 654 g/mol. The molecule has 0 saturated carbocycles. The minimum Gasteiger partial charge on any atom is -0.493 e. The molecule has 2 N–H and O–H groups in total. The van der Waals surface area contributed by atoms with Gasteiger partial charge in [0.1, 0.15) is 17.5 Å². The molecule has 0 radical (unpaired) electrons. The quantitative estimate of drug-likeness (QED) is 0.190. The molecule has 1 saturated heterocycles. The molecule has 0 spiro atoms. The summed E-state index contributed by atoms with van der Waals surface area (Å²) in [4.78, 5) is 40.1. The van der Waals surface area contributed by atoms with Gasteiger partial charge in [-0.1, -0.05) is 23.7 Å². The smallest absolute Gasteiger partial charge is 0.410 e. The molecule has 1 heterocycles. The lowest BCUT2D eigenvalue weighted by atomic mass is 9.93. The molecule has 2 aromatic carbocycles. The molecule has 13 heteroatoms. The number of nitrogens with zero attached hydrogens (tertiary/aromatic N) is 1. The number of nitrogens with one attached hydrogen (secondary N) is 2. The van der Waals surface area contributed by atoms with E-state index in [1.165, 1.54) is 7.11 Å². The molecule has 1 fully saturated rings. The number of benzene rings is 2. The summed E-state index contributed by atoms with van der Waals surface area (Å²) < 4.78 is 33.5. The number of hydrogen-bond acceptors (Lipinski definition) is 9. The fourth-order valence-electron chi connectivity index (χ4n) is 5.39. The number of ether oxygens (including phenoxy) is 6. The molecule has 272 valence electrons. The first-order valence-electron chi connectivity index (χ1n) is 16.7. The zero-order valence-corrected chi connectivity index (χ0v) is 30.3. The summed E-state index contributed by atoms with van der Waals surface area (Å²) in [6.07, 6.45) is 1.56. The lowest BCUT2D eigenvalue weighted by Crippen LogP contribution is -2.48. The molecule has 49 heavy (non-hydrogen) atoms. The van der Waals surface area contributed by atoms with Crippen molar-refractivity contribution in [3.8, 4) is 5.75 Å². The van der Waals surface area contributed by atoms with Gasteiger partial charge in [0.15, 0.2) is 0 Å². The second-order valence-corrected chi connectivity index (χ2v) is 13.4. The Balaban J connectivity index is 1.89. The van der Waals surface area contributed by atoms with Gasteiger partial charge >= 0.3 is 12.2 Å². The Bertz CT molecular complexity index is 1350. The van der Waals surface area contributed by atoms with Crippen molar-refractivity contribution < 1.29 is 42.8 Å². The van der Waals surface area contributed by atoms with Crippen LogP contribution in [0.5, 0.6) is 5.75 Å². The second-order valence-electron chi connectivity index (χ2n) is 13.0. The van der Waals surface area contributed by atoms with Crippen molar-refractivity contribution in [2.24, 2.45) is 5.92 Å². The minimum absolute atomic E-state index is 0.149. The summed E-state index contributed by atoms with van der Waals surface area (Å²) >= 11 is 6.36. The highest BCUT2D eigenvalue weighted by molar-refractivity contribution is 6.30. The Morgan fingerprint density at radius 2 is 1.84 bits per heavy atom. The van der Waals surface area contributed by atoms with Gasteiger partial charge in [-0.25, -0.2) is 9.59 Å². The van der Waals surface area contributed by atoms with E-state index in [-0.39, 0.29) is 37.6 Å². The lowest BCUT2D eigenvalue weighted by molar-refractivity contribution is 0.0112. The SMILES string of the molecule is COCCCOc1cc(C(=O)NCC(C[C@H]2CCCOC2)N(C)C(=O)OC(C)(C)C)cc(C(OCCNC(=O)OC)c2cccc(Cl)c2)c1. The summed E-state index contributed by atoms with van der Waals surface area (Å²) in [5.41, 5.74) is 1.09. The number of likely N-dealkylation sites (N-methyl/N-ethyl adjacent to an activating group) is 1. The Morgan fingerprint density at radius 1 is 1.04 bits per heavy atom. The van der Waals surface area contributed by atoms with Gasteiger partial charge in [-0.05, 0) is 87.4 Å². The highest BCUT2D eigenvalue weighted by atomic mass is 35.5. The molecule has 0 bridgehead atoms. The molecule has 2 unspecified atom stereocenters. The van der Waals surface area contributed by atoms with Crippen LogP contribution in [0.1, 0.15) is 74.0 Å². The van der Waals surface area contributed by atoms with E-state index in [1.54, 1.807) is 43.3 Å². The van der Waals surface area contributed by atoms with Crippen molar-refractivity contribution in [1.82, 2.24) is 15.5 Å². The minimum atomic E-state index is -0.663. The highest BCUT2D eigenvalue weighted by Crippen LogP contribution is 2.32. The van der Waals surface area contributed by atoms with Gasteiger partial charge in [-0.2, -0.15) is 0 Å². The number of methoxy groups -OCH3 is 2. The second kappa shape index (κ2) is 20.2. The van der Waals surface area contributed by atoms with E-state index < -0.39 is 23.9 Å². The van der Waals surface area contributed by atoms with Crippen LogP contribution in [0.25, 0.3) is 0 Å². The lowest BCUT2D eigenvalue weighted by Gasteiger charge is -2.34. The highest BCUT2D eigenvalue weighted by Gasteiger charge is 2.29. The van der Waals surface area contributed by atoms with Crippen LogP contribution in [0.3, 0.4) is 0 Å². The monoisotopic (exact) mass is 705 g/mol. The number of amides is 3. The van der Waals surface area contributed by atoms with Crippen LogP contribution >= 0.6 is 11.6 Å². The predicted octanol–water partition coefficient (Wildman–Crippen LogP) is 6.00. The number of carbonyl (C=O) groups excluding carboxylic acids is 3. The molecular formula is C36H52ClN3O9. The van der Waals surface area contributed by atoms with Crippen molar-refractivity contribution >= 4 is 29.7 Å². The van der Waals surface area contributed by atoms with Gasteiger partial charge in [-0.15, -0.1) is 0 Å². The average molecular weight is 706 g/mol. The molecule has 12 nitrogen and oxygen atoms in total. The summed E-state index contributed by atoms with van der Waals surface area (Å²) in [7, 11) is 4.61. The third-order valence-electron chi connectivity index (χ3n) is 7.84. The number of carbonyl (C=O) groups is 3. The van der Waals surface area contributed by atoms with Crippen molar-refractivity contribution in [1.29, 1.82) is 0 Å². The van der Waals surface area contributed by atoms with Crippen LogP contribution in [-0.2, 0) is 23.7 Å². The number of halogens is 1. The van der Waals surface area contributed by atoms with Crippen LogP contribution in [0.15, 0.2) is 42.5 Å². The van der Waals surface area contributed by atoms with Crippen molar-refractivity contribution in [2.45, 2.75) is 64.2 Å². The first-order chi connectivity index (χ1) is 23.4. The van der Waals surface area contributed by atoms with Gasteiger partial charge in [-0.3, -0.25) is 4.79 Å². The largest absolute Gasteiger partial charge is 0.493 e.